The fraction of sp³-hybridized carbons (Fsp3) is 0.429. The number of aromatic nitrogens is 1. The smallest absolute Gasteiger partial charge is 0.449 e. The lowest BCUT2D eigenvalue weighted by Crippen LogP contribution is -2.36. The number of hydrogen-bond donors (Lipinski definition) is 2. The zero-order valence-corrected chi connectivity index (χ0v) is 15.8. The Morgan fingerprint density at radius 2 is 2.07 bits per heavy atom. The molecule has 7 nitrogen and oxygen atoms in total. The number of fused-ring (bicyclic) bond motifs is 2. The van der Waals surface area contributed by atoms with E-state index in [1.807, 2.05) is 4.90 Å². The minimum Gasteiger partial charge on any atom is -0.449 e. The maximum atomic E-state index is 15.7. The van der Waals surface area contributed by atoms with Crippen LogP contribution in [-0.2, 0) is 0 Å². The molecular formula is C21H22FN3O4. The van der Waals surface area contributed by atoms with Crippen LogP contribution in [0.2, 0.25) is 0 Å². The minimum atomic E-state index is -1.56. The van der Waals surface area contributed by atoms with Crippen molar-refractivity contribution >= 4 is 22.7 Å². The van der Waals surface area contributed by atoms with E-state index in [4.69, 9.17) is 10.8 Å². The van der Waals surface area contributed by atoms with E-state index in [0.29, 0.717) is 24.7 Å². The summed E-state index contributed by atoms with van der Waals surface area (Å²) < 4.78 is 22.0. The second kappa shape index (κ2) is 6.59. The molecule has 1 aromatic heterocycles. The minimum absolute atomic E-state index is 0.0384. The summed E-state index contributed by atoms with van der Waals surface area (Å²) in [7, 11) is 0. The second-order valence-electron chi connectivity index (χ2n) is 8.18. The average molecular weight is 399 g/mol. The van der Waals surface area contributed by atoms with Crippen molar-refractivity contribution in [3.8, 4) is 5.75 Å². The number of carboxylic acid groups (broad SMARTS) is 1. The number of benzene rings is 1. The Bertz CT molecular complexity index is 1090. The molecular weight excluding hydrogens is 377 g/mol. The summed E-state index contributed by atoms with van der Waals surface area (Å²) in [6.07, 6.45) is 6.56. The van der Waals surface area contributed by atoms with Gasteiger partial charge in [0.05, 0.1) is 22.8 Å². The van der Waals surface area contributed by atoms with E-state index in [2.05, 4.69) is 16.9 Å². The van der Waals surface area contributed by atoms with Crippen molar-refractivity contribution in [3.63, 3.8) is 0 Å². The Balaban J connectivity index is 1.62. The van der Waals surface area contributed by atoms with E-state index in [0.717, 1.165) is 19.3 Å². The van der Waals surface area contributed by atoms with Crippen LogP contribution in [0.5, 0.6) is 5.75 Å². The molecule has 2 aliphatic carbocycles. The van der Waals surface area contributed by atoms with E-state index in [1.165, 1.54) is 6.20 Å². The number of anilines is 1. The molecule has 0 amide bonds. The molecule has 2 heterocycles. The maximum Gasteiger partial charge on any atom is 0.511 e. The molecule has 152 valence electrons. The molecule has 8 heteroatoms. The Morgan fingerprint density at radius 3 is 2.76 bits per heavy atom. The number of hydrogen-bond acceptors (Lipinski definition) is 5. The summed E-state index contributed by atoms with van der Waals surface area (Å²) in [6, 6.07) is 3.28. The predicted molar refractivity (Wildman–Crippen MR) is 106 cm³/mol. The van der Waals surface area contributed by atoms with Gasteiger partial charge in [-0.15, -0.1) is 0 Å². The van der Waals surface area contributed by atoms with Crippen molar-refractivity contribution in [2.24, 2.45) is 17.6 Å². The van der Waals surface area contributed by atoms with Gasteiger partial charge >= 0.3 is 6.16 Å². The van der Waals surface area contributed by atoms with Crippen LogP contribution in [0.25, 0.3) is 10.9 Å². The fourth-order valence-corrected chi connectivity index (χ4v) is 4.72. The first-order valence-electron chi connectivity index (χ1n) is 9.89. The SMILES string of the molecule is NC1CC=CC2CN(c3ccc4c(=O)c(OC(=O)O)cn(C5CC5)c4c3F)CC12. The first kappa shape index (κ1) is 18.2. The molecule has 5 rings (SSSR count). The standard InChI is InChI=1S/C21H22FN3O4/c22-18-16(24-8-11-2-1-3-15(23)14(11)9-24)7-6-13-19(18)25(12-4-5-12)10-17(20(13)26)29-21(27)28/h1-2,6-7,10-12,14-15H,3-5,8-9,23H2,(H,27,28). The van der Waals surface area contributed by atoms with Gasteiger partial charge in [0.1, 0.15) is 0 Å². The molecule has 3 aliphatic rings. The largest absolute Gasteiger partial charge is 0.511 e. The lowest BCUT2D eigenvalue weighted by atomic mass is 9.83. The summed E-state index contributed by atoms with van der Waals surface area (Å²) in [5.41, 5.74) is 6.30. The van der Waals surface area contributed by atoms with Crippen LogP contribution in [0.4, 0.5) is 14.9 Å². The van der Waals surface area contributed by atoms with Crippen molar-refractivity contribution in [2.75, 3.05) is 18.0 Å². The highest BCUT2D eigenvalue weighted by Crippen LogP contribution is 2.41. The molecule has 29 heavy (non-hydrogen) atoms. The molecule has 1 aromatic carbocycles. The van der Waals surface area contributed by atoms with Crippen LogP contribution >= 0.6 is 0 Å². The quantitative estimate of drug-likeness (QED) is 0.608. The van der Waals surface area contributed by atoms with E-state index in [9.17, 15) is 9.59 Å². The monoisotopic (exact) mass is 399 g/mol. The number of nitrogens with zero attached hydrogens (tertiary/aromatic N) is 2. The number of pyridine rings is 1. The number of nitrogens with two attached hydrogens (primary N) is 1. The number of halogens is 1. The van der Waals surface area contributed by atoms with Gasteiger partial charge in [0.15, 0.2) is 11.6 Å². The zero-order chi connectivity index (χ0) is 20.3. The molecule has 1 saturated carbocycles. The molecule has 0 radical (unpaired) electrons. The van der Waals surface area contributed by atoms with Gasteiger partial charge in [-0.1, -0.05) is 12.2 Å². The van der Waals surface area contributed by atoms with Crippen LogP contribution in [0.1, 0.15) is 25.3 Å². The Hall–Kier alpha value is -2.87. The van der Waals surface area contributed by atoms with Crippen molar-refractivity contribution in [1.29, 1.82) is 0 Å². The van der Waals surface area contributed by atoms with Crippen LogP contribution in [0.3, 0.4) is 0 Å². The van der Waals surface area contributed by atoms with Gasteiger partial charge in [0.2, 0.25) is 5.43 Å². The van der Waals surface area contributed by atoms with Gasteiger partial charge in [0.25, 0.3) is 0 Å². The molecule has 0 spiro atoms. The van der Waals surface area contributed by atoms with Crippen LogP contribution in [0.15, 0.2) is 35.3 Å². The van der Waals surface area contributed by atoms with Crippen molar-refractivity contribution in [2.45, 2.75) is 31.3 Å². The molecule has 1 aliphatic heterocycles. The molecule has 2 aromatic rings. The highest BCUT2D eigenvalue weighted by atomic mass is 19.1. The van der Waals surface area contributed by atoms with E-state index < -0.39 is 17.4 Å². The van der Waals surface area contributed by atoms with Crippen molar-refractivity contribution in [1.82, 2.24) is 4.57 Å². The summed E-state index contributed by atoms with van der Waals surface area (Å²) in [6.45, 7) is 1.36. The highest BCUT2D eigenvalue weighted by Gasteiger charge is 2.38. The lowest BCUT2D eigenvalue weighted by Gasteiger charge is -2.25. The number of ether oxygens (including phenoxy) is 1. The predicted octanol–water partition coefficient (Wildman–Crippen LogP) is 2.87. The normalized spacial score (nSPS) is 26.0. The van der Waals surface area contributed by atoms with Crippen LogP contribution in [0, 0.1) is 17.7 Å². The number of rotatable bonds is 3. The third-order valence-electron chi connectivity index (χ3n) is 6.31. The van der Waals surface area contributed by atoms with Gasteiger partial charge in [-0.3, -0.25) is 4.79 Å². The van der Waals surface area contributed by atoms with Crippen molar-refractivity contribution < 1.29 is 19.0 Å². The van der Waals surface area contributed by atoms with Gasteiger partial charge < -0.3 is 25.0 Å². The van der Waals surface area contributed by atoms with Gasteiger partial charge in [-0.25, -0.2) is 9.18 Å². The van der Waals surface area contributed by atoms with E-state index in [-0.39, 0.29) is 34.7 Å². The third-order valence-corrected chi connectivity index (χ3v) is 6.31. The molecule has 3 atom stereocenters. The van der Waals surface area contributed by atoms with Gasteiger partial charge in [-0.05, 0) is 37.3 Å². The van der Waals surface area contributed by atoms with Crippen LogP contribution < -0.4 is 20.8 Å². The Kier molecular flexibility index (Phi) is 4.13. The van der Waals surface area contributed by atoms with Crippen LogP contribution in [-0.4, -0.2) is 35.0 Å². The Labute approximate surface area is 166 Å². The third kappa shape index (κ3) is 2.98. The summed E-state index contributed by atoms with van der Waals surface area (Å²) >= 11 is 0. The second-order valence-corrected chi connectivity index (χ2v) is 8.18. The van der Waals surface area contributed by atoms with Gasteiger partial charge in [-0.2, -0.15) is 0 Å². The van der Waals surface area contributed by atoms with Gasteiger partial charge in [0, 0.05) is 31.1 Å². The Morgan fingerprint density at radius 1 is 1.28 bits per heavy atom. The lowest BCUT2D eigenvalue weighted by molar-refractivity contribution is 0.143. The summed E-state index contributed by atoms with van der Waals surface area (Å²) in [4.78, 5) is 25.6. The summed E-state index contributed by atoms with van der Waals surface area (Å²) in [5, 5.41) is 9.04. The van der Waals surface area contributed by atoms with E-state index in [1.54, 1.807) is 16.7 Å². The number of carbonyl (C=O) groups is 1. The molecule has 1 saturated heterocycles. The summed E-state index contributed by atoms with van der Waals surface area (Å²) in [5.74, 6) is -0.171. The zero-order valence-electron chi connectivity index (χ0n) is 15.8. The molecule has 3 unspecified atom stereocenters. The molecule has 3 N–H and O–H groups in total. The molecule has 0 bridgehead atoms. The topological polar surface area (TPSA) is 97.8 Å². The highest BCUT2D eigenvalue weighted by molar-refractivity contribution is 5.85. The van der Waals surface area contributed by atoms with Crippen molar-refractivity contribution in [3.05, 3.63) is 46.5 Å². The average Bonchev–Trinajstić information content (AvgIpc) is 3.43. The van der Waals surface area contributed by atoms with E-state index >= 15 is 4.39 Å². The molecule has 2 fully saturated rings. The fourth-order valence-electron chi connectivity index (χ4n) is 4.72. The first-order chi connectivity index (χ1) is 13.9. The maximum absolute atomic E-state index is 15.7. The first-order valence-corrected chi connectivity index (χ1v) is 9.89.